The Morgan fingerprint density at radius 1 is 1.33 bits per heavy atom. The van der Waals surface area contributed by atoms with E-state index in [4.69, 9.17) is 5.11 Å². The number of carboxylic acid groups (broad SMARTS) is 1. The lowest BCUT2D eigenvalue weighted by Gasteiger charge is -2.02. The molecule has 2 rings (SSSR count). The number of aromatic amines is 1. The molecule has 0 saturated heterocycles. The Labute approximate surface area is 83.6 Å². The van der Waals surface area contributed by atoms with Gasteiger partial charge in [-0.15, -0.1) is 0 Å². The molecule has 0 aliphatic carbocycles. The summed E-state index contributed by atoms with van der Waals surface area (Å²) < 4.78 is 0. The summed E-state index contributed by atoms with van der Waals surface area (Å²) in [7, 11) is 0. The third-order valence-electron chi connectivity index (χ3n) is 2.10. The number of hydrogen-bond acceptors (Lipinski definition) is 3. The number of carboxylic acids is 1. The van der Waals surface area contributed by atoms with E-state index in [0.717, 1.165) is 6.07 Å². The second-order valence-corrected chi connectivity index (χ2v) is 3.06. The first-order chi connectivity index (χ1) is 7.09. The van der Waals surface area contributed by atoms with Crippen molar-refractivity contribution in [3.8, 4) is 5.75 Å². The first-order valence-corrected chi connectivity index (χ1v) is 4.18. The molecule has 3 N–H and O–H groups in total. The average molecular weight is 205 g/mol. The Bertz CT molecular complexity index is 600. The standard InChI is InChI=1S/C10H7NO4/c12-8-4-6-5(10(14)15)2-1-3-7(6)11-9(8)13/h1-4,12H,(H,11,13)(H,14,15). The van der Waals surface area contributed by atoms with Crippen molar-refractivity contribution >= 4 is 16.9 Å². The summed E-state index contributed by atoms with van der Waals surface area (Å²) in [6, 6.07) is 5.65. The second kappa shape index (κ2) is 3.13. The molecule has 1 aromatic heterocycles. The number of pyridine rings is 1. The lowest BCUT2D eigenvalue weighted by Crippen LogP contribution is -2.06. The zero-order valence-corrected chi connectivity index (χ0v) is 7.52. The van der Waals surface area contributed by atoms with Crippen LogP contribution in [0, 0.1) is 0 Å². The van der Waals surface area contributed by atoms with Crippen LogP contribution < -0.4 is 5.56 Å². The van der Waals surface area contributed by atoms with Crippen molar-refractivity contribution in [2.75, 3.05) is 0 Å². The van der Waals surface area contributed by atoms with Crippen molar-refractivity contribution in [2.24, 2.45) is 0 Å². The summed E-state index contributed by atoms with van der Waals surface area (Å²) in [5, 5.41) is 18.4. The van der Waals surface area contributed by atoms with Crippen molar-refractivity contribution in [3.05, 3.63) is 40.2 Å². The van der Waals surface area contributed by atoms with Crippen molar-refractivity contribution in [1.29, 1.82) is 0 Å². The molecule has 0 saturated carbocycles. The van der Waals surface area contributed by atoms with Gasteiger partial charge in [0, 0.05) is 10.9 Å². The minimum atomic E-state index is -1.10. The molecule has 0 radical (unpaired) electrons. The van der Waals surface area contributed by atoms with Crippen LogP contribution in [-0.2, 0) is 0 Å². The highest BCUT2D eigenvalue weighted by molar-refractivity contribution is 6.02. The van der Waals surface area contributed by atoms with Crippen LogP contribution in [0.2, 0.25) is 0 Å². The predicted octanol–water partition coefficient (Wildman–Crippen LogP) is 0.932. The molecule has 5 heteroatoms. The SMILES string of the molecule is O=C(O)c1cccc2[nH]c(=O)c(O)cc12. The van der Waals surface area contributed by atoms with E-state index in [1.165, 1.54) is 12.1 Å². The maximum Gasteiger partial charge on any atom is 0.336 e. The van der Waals surface area contributed by atoms with Gasteiger partial charge in [0.25, 0.3) is 5.56 Å². The van der Waals surface area contributed by atoms with Crippen LogP contribution in [0.5, 0.6) is 5.75 Å². The molecule has 0 bridgehead atoms. The van der Waals surface area contributed by atoms with Crippen LogP contribution in [0.4, 0.5) is 0 Å². The number of benzene rings is 1. The van der Waals surface area contributed by atoms with Gasteiger partial charge in [0.1, 0.15) is 0 Å². The first-order valence-electron chi connectivity index (χ1n) is 4.18. The van der Waals surface area contributed by atoms with Gasteiger partial charge in [-0.3, -0.25) is 4.79 Å². The first kappa shape index (κ1) is 9.26. The number of hydrogen-bond donors (Lipinski definition) is 3. The number of aromatic nitrogens is 1. The number of fused-ring (bicyclic) bond motifs is 1. The number of aromatic carboxylic acids is 1. The molecule has 0 aliphatic rings. The number of aromatic hydroxyl groups is 1. The smallest absolute Gasteiger partial charge is 0.336 e. The van der Waals surface area contributed by atoms with Crippen LogP contribution in [0.25, 0.3) is 10.9 Å². The van der Waals surface area contributed by atoms with E-state index in [9.17, 15) is 14.7 Å². The van der Waals surface area contributed by atoms with Crippen molar-refractivity contribution in [2.45, 2.75) is 0 Å². The molecule has 1 aromatic carbocycles. The molecule has 0 fully saturated rings. The Hall–Kier alpha value is -2.30. The summed E-state index contributed by atoms with van der Waals surface area (Å²) in [5.74, 6) is -1.59. The maximum atomic E-state index is 11.1. The quantitative estimate of drug-likeness (QED) is 0.646. The summed E-state index contributed by atoms with van der Waals surface area (Å²) in [5.41, 5.74) is -0.207. The van der Waals surface area contributed by atoms with Crippen LogP contribution in [-0.4, -0.2) is 21.2 Å². The van der Waals surface area contributed by atoms with Gasteiger partial charge in [-0.1, -0.05) is 6.07 Å². The second-order valence-electron chi connectivity index (χ2n) is 3.06. The Morgan fingerprint density at radius 2 is 2.07 bits per heavy atom. The van der Waals surface area contributed by atoms with Gasteiger partial charge in [0.2, 0.25) is 0 Å². The number of carbonyl (C=O) groups is 1. The van der Waals surface area contributed by atoms with Crippen LogP contribution in [0.1, 0.15) is 10.4 Å². The molecule has 5 nitrogen and oxygen atoms in total. The molecule has 0 amide bonds. The van der Waals surface area contributed by atoms with Gasteiger partial charge < -0.3 is 15.2 Å². The monoisotopic (exact) mass is 205 g/mol. The maximum absolute atomic E-state index is 11.1. The summed E-state index contributed by atoms with van der Waals surface area (Å²) in [6.45, 7) is 0. The molecule has 2 aromatic rings. The third kappa shape index (κ3) is 1.43. The lowest BCUT2D eigenvalue weighted by atomic mass is 10.1. The number of nitrogens with one attached hydrogen (secondary N) is 1. The molecule has 0 spiro atoms. The highest BCUT2D eigenvalue weighted by atomic mass is 16.4. The molecular weight excluding hydrogens is 198 g/mol. The molecule has 1 heterocycles. The van der Waals surface area contributed by atoms with Crippen LogP contribution >= 0.6 is 0 Å². The summed E-state index contributed by atoms with van der Waals surface area (Å²) >= 11 is 0. The van der Waals surface area contributed by atoms with Gasteiger partial charge in [-0.25, -0.2) is 4.79 Å². The van der Waals surface area contributed by atoms with E-state index in [-0.39, 0.29) is 5.56 Å². The zero-order chi connectivity index (χ0) is 11.0. The van der Waals surface area contributed by atoms with Crippen molar-refractivity contribution in [1.82, 2.24) is 4.98 Å². The minimum Gasteiger partial charge on any atom is -0.503 e. The van der Waals surface area contributed by atoms with Crippen LogP contribution in [0.15, 0.2) is 29.1 Å². The Balaban J connectivity index is 2.92. The van der Waals surface area contributed by atoms with Gasteiger partial charge >= 0.3 is 5.97 Å². The molecule has 0 atom stereocenters. The van der Waals surface area contributed by atoms with E-state index < -0.39 is 17.3 Å². The third-order valence-corrected chi connectivity index (χ3v) is 2.10. The summed E-state index contributed by atoms with van der Waals surface area (Å²) in [4.78, 5) is 24.3. The molecule has 0 unspecified atom stereocenters. The largest absolute Gasteiger partial charge is 0.503 e. The number of H-pyrrole nitrogens is 1. The van der Waals surface area contributed by atoms with E-state index in [0.29, 0.717) is 10.9 Å². The fourth-order valence-corrected chi connectivity index (χ4v) is 1.40. The molecule has 0 aliphatic heterocycles. The van der Waals surface area contributed by atoms with E-state index in [1.807, 2.05) is 0 Å². The molecule has 76 valence electrons. The topological polar surface area (TPSA) is 90.4 Å². The van der Waals surface area contributed by atoms with Gasteiger partial charge in [-0.2, -0.15) is 0 Å². The zero-order valence-electron chi connectivity index (χ0n) is 7.52. The fraction of sp³-hybridized carbons (Fsp3) is 0. The van der Waals surface area contributed by atoms with E-state index in [2.05, 4.69) is 4.98 Å². The Morgan fingerprint density at radius 3 is 2.73 bits per heavy atom. The normalized spacial score (nSPS) is 10.4. The molecular formula is C10H7NO4. The van der Waals surface area contributed by atoms with E-state index in [1.54, 1.807) is 6.07 Å². The van der Waals surface area contributed by atoms with Gasteiger partial charge in [0.05, 0.1) is 5.56 Å². The van der Waals surface area contributed by atoms with Crippen molar-refractivity contribution in [3.63, 3.8) is 0 Å². The number of rotatable bonds is 1. The highest BCUT2D eigenvalue weighted by Gasteiger charge is 2.09. The van der Waals surface area contributed by atoms with Gasteiger partial charge in [-0.05, 0) is 18.2 Å². The minimum absolute atomic E-state index is 0.0408. The van der Waals surface area contributed by atoms with Crippen molar-refractivity contribution < 1.29 is 15.0 Å². The fourth-order valence-electron chi connectivity index (χ4n) is 1.40. The summed E-state index contributed by atoms with van der Waals surface area (Å²) in [6.07, 6.45) is 0. The van der Waals surface area contributed by atoms with Crippen LogP contribution in [0.3, 0.4) is 0 Å². The Kier molecular flexibility index (Phi) is 1.93. The average Bonchev–Trinajstić information content (AvgIpc) is 2.18. The highest BCUT2D eigenvalue weighted by Crippen LogP contribution is 2.18. The predicted molar refractivity (Wildman–Crippen MR) is 53.2 cm³/mol. The lowest BCUT2D eigenvalue weighted by molar-refractivity contribution is 0.0699. The van der Waals surface area contributed by atoms with E-state index >= 15 is 0 Å². The van der Waals surface area contributed by atoms with Gasteiger partial charge in [0.15, 0.2) is 5.75 Å². The molecule has 15 heavy (non-hydrogen) atoms.